The average molecular weight is 243 g/mol. The second-order valence-corrected chi connectivity index (χ2v) is 3.77. The van der Waals surface area contributed by atoms with Gasteiger partial charge in [-0.05, 0) is 11.6 Å². The fraction of sp³-hybridized carbons (Fsp3) is 0.0769. The first kappa shape index (κ1) is 11.9. The molecule has 0 aliphatic rings. The molecule has 0 atom stereocenters. The molecule has 1 aromatic heterocycles. The van der Waals surface area contributed by atoms with Crippen molar-refractivity contribution in [3.8, 4) is 0 Å². The van der Waals surface area contributed by atoms with Gasteiger partial charge in [0.25, 0.3) is 5.56 Å². The number of aromatic nitrogens is 2. The minimum atomic E-state index is -0.358. The fourth-order valence-electron chi connectivity index (χ4n) is 1.57. The lowest BCUT2D eigenvalue weighted by molar-refractivity contribution is -0.111. The number of benzene rings is 1. The second kappa shape index (κ2) is 5.18. The molecule has 0 aliphatic carbocycles. The van der Waals surface area contributed by atoms with Gasteiger partial charge < -0.3 is 5.32 Å². The molecule has 2 aromatic rings. The zero-order chi connectivity index (χ0) is 13.0. The number of hydrogen-bond acceptors (Lipinski definition) is 2. The quantitative estimate of drug-likeness (QED) is 0.796. The van der Waals surface area contributed by atoms with Crippen molar-refractivity contribution in [1.29, 1.82) is 0 Å². The largest absolute Gasteiger partial charge is 0.307 e. The lowest BCUT2D eigenvalue weighted by atomic mass is 10.2. The third-order valence-corrected chi connectivity index (χ3v) is 2.42. The summed E-state index contributed by atoms with van der Waals surface area (Å²) in [6.07, 6.45) is 1.15. The van der Waals surface area contributed by atoms with E-state index < -0.39 is 0 Å². The Morgan fingerprint density at radius 3 is 2.78 bits per heavy atom. The number of nitrogens with one attached hydrogen (secondary N) is 2. The van der Waals surface area contributed by atoms with Crippen molar-refractivity contribution in [3.63, 3.8) is 0 Å². The van der Waals surface area contributed by atoms with Crippen molar-refractivity contribution in [2.45, 2.75) is 6.54 Å². The number of anilines is 1. The van der Waals surface area contributed by atoms with E-state index in [4.69, 9.17) is 0 Å². The number of hydrogen-bond donors (Lipinski definition) is 2. The molecular weight excluding hydrogens is 230 g/mol. The molecule has 1 amide bonds. The molecule has 0 aliphatic heterocycles. The van der Waals surface area contributed by atoms with Crippen molar-refractivity contribution in [3.05, 3.63) is 65.0 Å². The normalized spacial score (nSPS) is 10.0. The van der Waals surface area contributed by atoms with Crippen LogP contribution in [0, 0.1) is 0 Å². The van der Waals surface area contributed by atoms with Gasteiger partial charge in [-0.3, -0.25) is 14.7 Å². The predicted octanol–water partition coefficient (Wildman–Crippen LogP) is 1.35. The minimum absolute atomic E-state index is 0.196. The summed E-state index contributed by atoms with van der Waals surface area (Å²) in [6.45, 7) is 3.78. The van der Waals surface area contributed by atoms with Crippen LogP contribution in [0.4, 0.5) is 5.82 Å². The zero-order valence-electron chi connectivity index (χ0n) is 9.72. The molecular formula is C13H13N3O2. The van der Waals surface area contributed by atoms with Crippen LogP contribution in [0.15, 0.2) is 53.8 Å². The molecule has 1 aromatic carbocycles. The van der Waals surface area contributed by atoms with Gasteiger partial charge in [0.2, 0.25) is 5.91 Å². The summed E-state index contributed by atoms with van der Waals surface area (Å²) >= 11 is 0. The highest BCUT2D eigenvalue weighted by atomic mass is 16.2. The summed E-state index contributed by atoms with van der Waals surface area (Å²) in [5, 5.41) is 5.32. The first-order valence-corrected chi connectivity index (χ1v) is 5.46. The maximum absolute atomic E-state index is 11.7. The Kier molecular flexibility index (Phi) is 3.43. The lowest BCUT2D eigenvalue weighted by Gasteiger charge is -2.02. The van der Waals surface area contributed by atoms with Crippen LogP contribution in [0.2, 0.25) is 0 Å². The Morgan fingerprint density at radius 1 is 1.39 bits per heavy atom. The first-order chi connectivity index (χ1) is 8.69. The highest BCUT2D eigenvalue weighted by Gasteiger charge is 2.04. The first-order valence-electron chi connectivity index (χ1n) is 5.46. The molecule has 0 saturated carbocycles. The van der Waals surface area contributed by atoms with Crippen molar-refractivity contribution < 1.29 is 4.79 Å². The summed E-state index contributed by atoms with van der Waals surface area (Å²) in [4.78, 5) is 22.8. The van der Waals surface area contributed by atoms with Gasteiger partial charge in [0.15, 0.2) is 0 Å². The van der Waals surface area contributed by atoms with E-state index in [1.165, 1.54) is 10.7 Å². The van der Waals surface area contributed by atoms with Gasteiger partial charge in [0.05, 0.1) is 6.54 Å². The number of amides is 1. The highest BCUT2D eigenvalue weighted by molar-refractivity contribution is 5.98. The van der Waals surface area contributed by atoms with Gasteiger partial charge in [-0.25, -0.2) is 4.68 Å². The van der Waals surface area contributed by atoms with Gasteiger partial charge in [0, 0.05) is 6.07 Å². The molecule has 5 heteroatoms. The molecule has 0 unspecified atom stereocenters. The number of rotatable bonds is 4. The van der Waals surface area contributed by atoms with Crippen molar-refractivity contribution in [2.24, 2.45) is 0 Å². The third kappa shape index (κ3) is 2.76. The molecule has 0 radical (unpaired) electrons. The van der Waals surface area contributed by atoms with Gasteiger partial charge in [-0.2, -0.15) is 0 Å². The highest BCUT2D eigenvalue weighted by Crippen LogP contribution is 2.02. The Bertz CT molecular complexity index is 611. The number of aromatic amines is 1. The monoisotopic (exact) mass is 243 g/mol. The van der Waals surface area contributed by atoms with Crippen LogP contribution >= 0.6 is 0 Å². The lowest BCUT2D eigenvalue weighted by Crippen LogP contribution is -2.16. The number of H-pyrrole nitrogens is 1. The summed E-state index contributed by atoms with van der Waals surface area (Å²) < 4.78 is 1.42. The number of nitrogens with zero attached hydrogens (tertiary/aromatic N) is 1. The summed E-state index contributed by atoms with van der Waals surface area (Å²) in [7, 11) is 0. The van der Waals surface area contributed by atoms with Crippen LogP contribution in [0.1, 0.15) is 5.56 Å². The Balaban J connectivity index is 2.17. The molecule has 92 valence electrons. The summed E-state index contributed by atoms with van der Waals surface area (Å²) in [5.41, 5.74) is 0.807. The van der Waals surface area contributed by atoms with E-state index in [1.54, 1.807) is 0 Å². The predicted molar refractivity (Wildman–Crippen MR) is 69.4 cm³/mol. The second-order valence-electron chi connectivity index (χ2n) is 3.77. The molecule has 18 heavy (non-hydrogen) atoms. The third-order valence-electron chi connectivity index (χ3n) is 2.42. The van der Waals surface area contributed by atoms with E-state index in [9.17, 15) is 9.59 Å². The standard InChI is InChI=1S/C13H13N3O2/c1-2-12(17)14-11-8-13(18)16(15-11)9-10-6-4-3-5-7-10/h2-8,15H,1,9H2,(H,14,17). The van der Waals surface area contributed by atoms with E-state index in [1.807, 2.05) is 30.3 Å². The SMILES string of the molecule is C=CC(=O)Nc1cc(=O)n(Cc2ccccc2)[nH]1. The molecule has 2 rings (SSSR count). The van der Waals surface area contributed by atoms with Crippen LogP contribution < -0.4 is 10.9 Å². The molecule has 2 N–H and O–H groups in total. The van der Waals surface area contributed by atoms with Crippen molar-refractivity contribution in [2.75, 3.05) is 5.32 Å². The van der Waals surface area contributed by atoms with E-state index in [0.29, 0.717) is 12.4 Å². The Labute approximate surface area is 104 Å². The van der Waals surface area contributed by atoms with E-state index in [2.05, 4.69) is 17.0 Å². The fourth-order valence-corrected chi connectivity index (χ4v) is 1.57. The number of carbonyl (C=O) groups is 1. The molecule has 1 heterocycles. The zero-order valence-corrected chi connectivity index (χ0v) is 9.72. The Morgan fingerprint density at radius 2 is 2.11 bits per heavy atom. The van der Waals surface area contributed by atoms with Crippen molar-refractivity contribution >= 4 is 11.7 Å². The van der Waals surface area contributed by atoms with E-state index in [-0.39, 0.29) is 11.5 Å². The average Bonchev–Trinajstić information content (AvgIpc) is 2.71. The topological polar surface area (TPSA) is 66.9 Å². The van der Waals surface area contributed by atoms with Crippen molar-refractivity contribution in [1.82, 2.24) is 9.78 Å². The molecule has 0 saturated heterocycles. The molecule has 5 nitrogen and oxygen atoms in total. The van der Waals surface area contributed by atoms with Crippen LogP contribution in [0.5, 0.6) is 0 Å². The van der Waals surface area contributed by atoms with Gasteiger partial charge in [0.1, 0.15) is 5.82 Å². The summed E-state index contributed by atoms with van der Waals surface area (Å²) in [6, 6.07) is 10.9. The van der Waals surface area contributed by atoms with Crippen LogP contribution in [0.25, 0.3) is 0 Å². The smallest absolute Gasteiger partial charge is 0.268 e. The molecule has 0 spiro atoms. The maximum Gasteiger partial charge on any atom is 0.268 e. The maximum atomic E-state index is 11.7. The molecule has 0 bridgehead atoms. The van der Waals surface area contributed by atoms with Crippen LogP contribution in [-0.4, -0.2) is 15.7 Å². The number of carbonyl (C=O) groups excluding carboxylic acids is 1. The van der Waals surface area contributed by atoms with Gasteiger partial charge in [-0.1, -0.05) is 36.9 Å². The Hall–Kier alpha value is -2.56. The molecule has 0 fully saturated rings. The summed E-state index contributed by atoms with van der Waals surface area (Å²) in [5.74, 6) is 0.00365. The minimum Gasteiger partial charge on any atom is -0.307 e. The van der Waals surface area contributed by atoms with Gasteiger partial charge >= 0.3 is 0 Å². The van der Waals surface area contributed by atoms with E-state index in [0.717, 1.165) is 11.6 Å². The van der Waals surface area contributed by atoms with E-state index >= 15 is 0 Å². The van der Waals surface area contributed by atoms with Crippen LogP contribution in [-0.2, 0) is 11.3 Å². The van der Waals surface area contributed by atoms with Gasteiger partial charge in [-0.15, -0.1) is 0 Å². The van der Waals surface area contributed by atoms with Crippen LogP contribution in [0.3, 0.4) is 0 Å².